The Morgan fingerprint density at radius 3 is 2.53 bits per heavy atom. The predicted molar refractivity (Wildman–Crippen MR) is 66.5 cm³/mol. The number of amides is 1. The Morgan fingerprint density at radius 1 is 1.47 bits per heavy atom. The number of carboxylic acid groups (broad SMARTS) is 1. The molecule has 0 saturated heterocycles. The summed E-state index contributed by atoms with van der Waals surface area (Å²) in [6.45, 7) is 3.44. The highest BCUT2D eigenvalue weighted by Gasteiger charge is 2.21. The summed E-state index contributed by atoms with van der Waals surface area (Å²) in [6, 6.07) is -0.952. The fourth-order valence-corrected chi connectivity index (χ4v) is 1.60. The molecule has 8 heteroatoms. The Hall–Kier alpha value is -2.12. The SMILES string of the molecule is CC(C)C[C@H](NC(=O)Cn1ncn(C)c1=O)C(=O)O. The first-order valence-corrected chi connectivity index (χ1v) is 5.92. The zero-order valence-corrected chi connectivity index (χ0v) is 11.2. The molecule has 0 radical (unpaired) electrons. The first-order chi connectivity index (χ1) is 8.81. The summed E-state index contributed by atoms with van der Waals surface area (Å²) in [5.41, 5.74) is -0.425. The summed E-state index contributed by atoms with van der Waals surface area (Å²) in [6.07, 6.45) is 1.62. The third-order valence-corrected chi connectivity index (χ3v) is 2.52. The third-order valence-electron chi connectivity index (χ3n) is 2.52. The number of nitrogens with zero attached hydrogens (tertiary/aromatic N) is 3. The lowest BCUT2D eigenvalue weighted by Crippen LogP contribution is -2.44. The molecule has 0 unspecified atom stereocenters. The molecule has 1 aromatic rings. The fraction of sp³-hybridized carbons (Fsp3) is 0.636. The minimum atomic E-state index is -1.09. The lowest BCUT2D eigenvalue weighted by Gasteiger charge is -2.16. The van der Waals surface area contributed by atoms with Gasteiger partial charge in [-0.15, -0.1) is 0 Å². The molecule has 1 atom stereocenters. The van der Waals surface area contributed by atoms with Crippen LogP contribution in [0, 0.1) is 5.92 Å². The summed E-state index contributed by atoms with van der Waals surface area (Å²) in [7, 11) is 1.52. The molecule has 106 valence electrons. The topological polar surface area (TPSA) is 106 Å². The zero-order valence-electron chi connectivity index (χ0n) is 11.2. The van der Waals surface area contributed by atoms with Crippen molar-refractivity contribution in [2.45, 2.75) is 32.9 Å². The first-order valence-electron chi connectivity index (χ1n) is 5.92. The lowest BCUT2D eigenvalue weighted by molar-refractivity contribution is -0.142. The van der Waals surface area contributed by atoms with Crippen molar-refractivity contribution in [3.63, 3.8) is 0 Å². The molecule has 1 heterocycles. The van der Waals surface area contributed by atoms with Crippen molar-refractivity contribution in [3.05, 3.63) is 16.8 Å². The average Bonchev–Trinajstić information content (AvgIpc) is 2.59. The summed E-state index contributed by atoms with van der Waals surface area (Å²) in [5.74, 6) is -1.50. The van der Waals surface area contributed by atoms with Gasteiger partial charge < -0.3 is 10.4 Å². The number of hydrogen-bond acceptors (Lipinski definition) is 4. The maximum atomic E-state index is 11.7. The number of aliphatic carboxylic acids is 1. The molecule has 8 nitrogen and oxygen atoms in total. The molecule has 1 amide bonds. The van der Waals surface area contributed by atoms with Crippen LogP contribution in [0.3, 0.4) is 0 Å². The van der Waals surface area contributed by atoms with Crippen LogP contribution in [0.2, 0.25) is 0 Å². The molecule has 0 aromatic carbocycles. The largest absolute Gasteiger partial charge is 0.480 e. The highest BCUT2D eigenvalue weighted by atomic mass is 16.4. The van der Waals surface area contributed by atoms with Crippen LogP contribution in [0.15, 0.2) is 11.1 Å². The van der Waals surface area contributed by atoms with E-state index in [1.165, 1.54) is 17.9 Å². The van der Waals surface area contributed by atoms with Gasteiger partial charge in [0, 0.05) is 7.05 Å². The van der Waals surface area contributed by atoms with E-state index in [2.05, 4.69) is 10.4 Å². The van der Waals surface area contributed by atoms with Crippen LogP contribution in [-0.4, -0.2) is 37.4 Å². The Balaban J connectivity index is 2.65. The van der Waals surface area contributed by atoms with Crippen LogP contribution >= 0.6 is 0 Å². The zero-order chi connectivity index (χ0) is 14.6. The van der Waals surface area contributed by atoms with Crippen molar-refractivity contribution in [1.29, 1.82) is 0 Å². The smallest absolute Gasteiger partial charge is 0.345 e. The van der Waals surface area contributed by atoms with E-state index in [1.807, 2.05) is 13.8 Å². The normalized spacial score (nSPS) is 12.4. The van der Waals surface area contributed by atoms with Crippen LogP contribution in [-0.2, 0) is 23.2 Å². The number of carboxylic acids is 1. The molecule has 0 spiro atoms. The second-order valence-electron chi connectivity index (χ2n) is 4.77. The molecular formula is C11H18N4O4. The first kappa shape index (κ1) is 14.9. The Morgan fingerprint density at radius 2 is 2.11 bits per heavy atom. The van der Waals surface area contributed by atoms with E-state index in [0.717, 1.165) is 4.68 Å². The molecule has 1 rings (SSSR count). The number of hydrogen-bond donors (Lipinski definition) is 2. The van der Waals surface area contributed by atoms with Gasteiger partial charge in [0.1, 0.15) is 18.9 Å². The summed E-state index contributed by atoms with van der Waals surface area (Å²) >= 11 is 0. The maximum Gasteiger partial charge on any atom is 0.345 e. The molecular weight excluding hydrogens is 252 g/mol. The molecule has 0 aliphatic heterocycles. The van der Waals surface area contributed by atoms with Crippen molar-refractivity contribution >= 4 is 11.9 Å². The van der Waals surface area contributed by atoms with E-state index >= 15 is 0 Å². The monoisotopic (exact) mass is 270 g/mol. The van der Waals surface area contributed by atoms with Gasteiger partial charge in [0.05, 0.1) is 0 Å². The van der Waals surface area contributed by atoms with Crippen LogP contribution in [0.1, 0.15) is 20.3 Å². The maximum absolute atomic E-state index is 11.7. The standard InChI is InChI=1S/C11H18N4O4/c1-7(2)4-8(10(17)18)13-9(16)5-15-11(19)14(3)6-12-15/h6-8H,4-5H2,1-3H3,(H,13,16)(H,17,18)/t8-/m0/s1. The number of rotatable bonds is 6. The van der Waals surface area contributed by atoms with Gasteiger partial charge in [0.15, 0.2) is 0 Å². The van der Waals surface area contributed by atoms with Gasteiger partial charge in [0.25, 0.3) is 0 Å². The molecule has 0 saturated carbocycles. The molecule has 0 fully saturated rings. The number of aromatic nitrogens is 3. The molecule has 0 bridgehead atoms. The number of carbonyl (C=O) groups is 2. The van der Waals surface area contributed by atoms with Crippen molar-refractivity contribution in [1.82, 2.24) is 19.7 Å². The Bertz CT molecular complexity index is 517. The summed E-state index contributed by atoms with van der Waals surface area (Å²) in [5, 5.41) is 15.1. The van der Waals surface area contributed by atoms with Gasteiger partial charge in [-0.2, -0.15) is 5.10 Å². The minimum absolute atomic E-state index is 0.138. The molecule has 2 N–H and O–H groups in total. The molecule has 0 aliphatic rings. The van der Waals surface area contributed by atoms with Crippen LogP contribution in [0.25, 0.3) is 0 Å². The summed E-state index contributed by atoms with van der Waals surface area (Å²) < 4.78 is 2.21. The molecule has 19 heavy (non-hydrogen) atoms. The van der Waals surface area contributed by atoms with Crippen LogP contribution < -0.4 is 11.0 Å². The van der Waals surface area contributed by atoms with Gasteiger partial charge in [-0.25, -0.2) is 14.3 Å². The Kier molecular flexibility index (Phi) is 4.85. The fourth-order valence-electron chi connectivity index (χ4n) is 1.60. The van der Waals surface area contributed by atoms with Crippen molar-refractivity contribution in [2.24, 2.45) is 13.0 Å². The van der Waals surface area contributed by atoms with Gasteiger partial charge in [-0.05, 0) is 12.3 Å². The number of nitrogens with one attached hydrogen (secondary N) is 1. The highest BCUT2D eigenvalue weighted by molar-refractivity contribution is 5.83. The lowest BCUT2D eigenvalue weighted by atomic mass is 10.0. The number of aryl methyl sites for hydroxylation is 1. The van der Waals surface area contributed by atoms with E-state index in [9.17, 15) is 14.4 Å². The van der Waals surface area contributed by atoms with E-state index in [1.54, 1.807) is 0 Å². The average molecular weight is 270 g/mol. The second-order valence-corrected chi connectivity index (χ2v) is 4.77. The number of carbonyl (C=O) groups excluding carboxylic acids is 1. The van der Waals surface area contributed by atoms with E-state index in [-0.39, 0.29) is 12.5 Å². The quantitative estimate of drug-likeness (QED) is 0.703. The van der Waals surface area contributed by atoms with E-state index in [0.29, 0.717) is 6.42 Å². The van der Waals surface area contributed by atoms with Gasteiger partial charge in [-0.1, -0.05) is 13.8 Å². The van der Waals surface area contributed by atoms with Gasteiger partial charge in [0.2, 0.25) is 5.91 Å². The van der Waals surface area contributed by atoms with E-state index in [4.69, 9.17) is 5.11 Å². The highest BCUT2D eigenvalue weighted by Crippen LogP contribution is 2.04. The molecule has 0 aliphatic carbocycles. The third kappa shape index (κ3) is 4.23. The van der Waals surface area contributed by atoms with E-state index < -0.39 is 23.6 Å². The van der Waals surface area contributed by atoms with Gasteiger partial charge in [-0.3, -0.25) is 9.36 Å². The molecule has 1 aromatic heterocycles. The van der Waals surface area contributed by atoms with Gasteiger partial charge >= 0.3 is 11.7 Å². The summed E-state index contributed by atoms with van der Waals surface area (Å²) in [4.78, 5) is 34.1. The van der Waals surface area contributed by atoms with Crippen molar-refractivity contribution in [3.8, 4) is 0 Å². The predicted octanol–water partition coefficient (Wildman–Crippen LogP) is -0.803. The second kappa shape index (κ2) is 6.17. The minimum Gasteiger partial charge on any atom is -0.480 e. The Labute approximate surface area is 110 Å². The van der Waals surface area contributed by atoms with Crippen molar-refractivity contribution in [2.75, 3.05) is 0 Å². The van der Waals surface area contributed by atoms with Crippen LogP contribution in [0.5, 0.6) is 0 Å². The van der Waals surface area contributed by atoms with Crippen LogP contribution in [0.4, 0.5) is 0 Å². The van der Waals surface area contributed by atoms with Crippen molar-refractivity contribution < 1.29 is 14.7 Å².